The van der Waals surface area contributed by atoms with Crippen molar-refractivity contribution < 1.29 is 0 Å². The summed E-state index contributed by atoms with van der Waals surface area (Å²) >= 11 is 13.7. The monoisotopic (exact) mass is 350 g/mol. The molecular weight excluding hydrogens is 339 g/mol. The van der Waals surface area contributed by atoms with Gasteiger partial charge < -0.3 is 5.32 Å². The topological polar surface area (TPSA) is 50.7 Å². The van der Waals surface area contributed by atoms with E-state index in [0.717, 1.165) is 34.6 Å². The predicted molar refractivity (Wildman–Crippen MR) is 91.6 cm³/mol. The van der Waals surface area contributed by atoms with E-state index in [0.29, 0.717) is 10.3 Å². The summed E-state index contributed by atoms with van der Waals surface area (Å²) in [5.41, 5.74) is 2.17. The lowest BCUT2D eigenvalue weighted by Crippen LogP contribution is -2.01. The van der Waals surface area contributed by atoms with Crippen LogP contribution < -0.4 is 5.32 Å². The summed E-state index contributed by atoms with van der Waals surface area (Å²) in [7, 11) is 0. The molecule has 0 bridgehead atoms. The Hall–Kier alpha value is -1.43. The number of nitrogens with zero attached hydrogens (tertiary/aromatic N) is 3. The first-order valence-corrected chi connectivity index (χ1v) is 8.63. The molecule has 0 spiro atoms. The number of rotatable bonds is 2. The largest absolute Gasteiger partial charge is 0.339 e. The molecule has 4 nitrogen and oxygen atoms in total. The molecule has 7 heteroatoms. The molecule has 0 unspecified atom stereocenters. The number of hydrogen-bond acceptors (Lipinski definition) is 5. The van der Waals surface area contributed by atoms with Gasteiger partial charge in [-0.3, -0.25) is 0 Å². The summed E-state index contributed by atoms with van der Waals surface area (Å²) in [6, 6.07) is 3.47. The number of thiophene rings is 1. The lowest BCUT2D eigenvalue weighted by Gasteiger charge is -2.12. The number of fused-ring (bicyclic) bond motifs is 3. The molecule has 3 aromatic heterocycles. The molecule has 22 heavy (non-hydrogen) atoms. The van der Waals surface area contributed by atoms with E-state index in [9.17, 15) is 0 Å². The van der Waals surface area contributed by atoms with Gasteiger partial charge in [-0.2, -0.15) is 0 Å². The molecule has 3 heterocycles. The molecule has 1 N–H and O–H groups in total. The average molecular weight is 351 g/mol. The minimum absolute atomic E-state index is 0.354. The zero-order valence-electron chi connectivity index (χ0n) is 11.6. The molecule has 0 aromatic carbocycles. The van der Waals surface area contributed by atoms with Crippen LogP contribution in [-0.4, -0.2) is 15.0 Å². The van der Waals surface area contributed by atoms with Gasteiger partial charge >= 0.3 is 0 Å². The molecule has 112 valence electrons. The van der Waals surface area contributed by atoms with Gasteiger partial charge in [0, 0.05) is 10.6 Å². The number of pyridine rings is 1. The van der Waals surface area contributed by atoms with Crippen LogP contribution in [0.5, 0.6) is 0 Å². The highest BCUT2D eigenvalue weighted by Crippen LogP contribution is 2.39. The lowest BCUT2D eigenvalue weighted by atomic mass is 9.97. The van der Waals surface area contributed by atoms with Gasteiger partial charge in [0.2, 0.25) is 0 Å². The van der Waals surface area contributed by atoms with E-state index < -0.39 is 0 Å². The van der Waals surface area contributed by atoms with E-state index in [1.165, 1.54) is 23.3 Å². The summed E-state index contributed by atoms with van der Waals surface area (Å²) in [4.78, 5) is 15.3. The fourth-order valence-electron chi connectivity index (χ4n) is 2.86. The van der Waals surface area contributed by atoms with Gasteiger partial charge in [0.25, 0.3) is 0 Å². The Morgan fingerprint density at radius 2 is 1.82 bits per heavy atom. The highest BCUT2D eigenvalue weighted by atomic mass is 35.5. The Morgan fingerprint density at radius 3 is 2.64 bits per heavy atom. The van der Waals surface area contributed by atoms with E-state index >= 15 is 0 Å². The highest BCUT2D eigenvalue weighted by Gasteiger charge is 2.20. The summed E-state index contributed by atoms with van der Waals surface area (Å²) in [5.74, 6) is 0.808. The van der Waals surface area contributed by atoms with Crippen molar-refractivity contribution in [3.05, 3.63) is 39.2 Å². The van der Waals surface area contributed by atoms with Gasteiger partial charge in [-0.25, -0.2) is 15.0 Å². The fraction of sp³-hybridized carbons (Fsp3) is 0.267. The van der Waals surface area contributed by atoms with Gasteiger partial charge in [0.15, 0.2) is 0 Å². The molecule has 1 aliphatic carbocycles. The Bertz CT molecular complexity index is 842. The second-order valence-corrected chi connectivity index (χ2v) is 7.10. The number of nitrogens with one attached hydrogen (secondary N) is 1. The third-order valence-corrected chi connectivity index (χ3v) is 5.36. The molecule has 1 aliphatic rings. The van der Waals surface area contributed by atoms with E-state index in [-0.39, 0.29) is 0 Å². The standard InChI is InChI=1S/C15H12Cl2N4S/c16-11-5-8(6-12(17)21-11)20-14-13-9-3-1-2-4-10(9)22-15(13)19-7-18-14/h5-7H,1-4H2,(H,18,19,20,21). The molecule has 0 radical (unpaired) electrons. The van der Waals surface area contributed by atoms with Crippen molar-refractivity contribution in [1.29, 1.82) is 0 Å². The van der Waals surface area contributed by atoms with E-state index in [1.54, 1.807) is 29.8 Å². The Morgan fingerprint density at radius 1 is 1.05 bits per heavy atom. The number of aromatic nitrogens is 3. The van der Waals surface area contributed by atoms with Gasteiger partial charge in [0.05, 0.1) is 5.39 Å². The average Bonchev–Trinajstić information content (AvgIpc) is 2.85. The Labute approximate surface area is 141 Å². The number of anilines is 2. The van der Waals surface area contributed by atoms with Crippen LogP contribution in [0.15, 0.2) is 18.5 Å². The maximum Gasteiger partial charge on any atom is 0.142 e. The Balaban J connectivity index is 1.82. The van der Waals surface area contributed by atoms with E-state index in [2.05, 4.69) is 20.3 Å². The third-order valence-electron chi connectivity index (χ3n) is 3.78. The van der Waals surface area contributed by atoms with Crippen molar-refractivity contribution in [2.75, 3.05) is 5.32 Å². The first kappa shape index (κ1) is 14.2. The first-order chi connectivity index (χ1) is 10.7. The molecule has 0 atom stereocenters. The SMILES string of the molecule is Clc1cc(Nc2ncnc3sc4c(c23)CCCC4)cc(Cl)n1. The zero-order valence-corrected chi connectivity index (χ0v) is 13.9. The second kappa shape index (κ2) is 5.65. The van der Waals surface area contributed by atoms with Crippen LogP contribution >= 0.6 is 34.5 Å². The summed E-state index contributed by atoms with van der Waals surface area (Å²) in [5, 5.41) is 5.15. The quantitative estimate of drug-likeness (QED) is 0.659. The molecule has 3 aromatic rings. The number of aryl methyl sites for hydroxylation is 2. The first-order valence-electron chi connectivity index (χ1n) is 7.06. The molecule has 0 amide bonds. The van der Waals surface area contributed by atoms with Crippen molar-refractivity contribution in [1.82, 2.24) is 15.0 Å². The van der Waals surface area contributed by atoms with Crippen LogP contribution in [-0.2, 0) is 12.8 Å². The maximum atomic E-state index is 5.96. The smallest absolute Gasteiger partial charge is 0.142 e. The van der Waals surface area contributed by atoms with Crippen molar-refractivity contribution in [2.24, 2.45) is 0 Å². The zero-order chi connectivity index (χ0) is 15.1. The van der Waals surface area contributed by atoms with Crippen molar-refractivity contribution in [3.63, 3.8) is 0 Å². The number of halogens is 2. The molecule has 0 saturated carbocycles. The van der Waals surface area contributed by atoms with E-state index in [1.807, 2.05) is 0 Å². The van der Waals surface area contributed by atoms with Gasteiger partial charge in [-0.15, -0.1) is 11.3 Å². The maximum absolute atomic E-state index is 5.96. The van der Waals surface area contributed by atoms with Gasteiger partial charge in [0.1, 0.15) is 27.3 Å². The van der Waals surface area contributed by atoms with Gasteiger partial charge in [-0.1, -0.05) is 23.2 Å². The minimum Gasteiger partial charge on any atom is -0.339 e. The molecule has 0 aliphatic heterocycles. The Kier molecular flexibility index (Phi) is 3.64. The van der Waals surface area contributed by atoms with Crippen LogP contribution in [0.2, 0.25) is 10.3 Å². The van der Waals surface area contributed by atoms with Crippen molar-refractivity contribution in [3.8, 4) is 0 Å². The predicted octanol–water partition coefficient (Wildman–Crippen LogP) is 5.02. The second-order valence-electron chi connectivity index (χ2n) is 5.24. The van der Waals surface area contributed by atoms with Crippen LogP contribution in [0.25, 0.3) is 10.2 Å². The van der Waals surface area contributed by atoms with Gasteiger partial charge in [-0.05, 0) is 43.4 Å². The van der Waals surface area contributed by atoms with E-state index in [4.69, 9.17) is 23.2 Å². The van der Waals surface area contributed by atoms with Crippen LogP contribution in [0, 0.1) is 0 Å². The third kappa shape index (κ3) is 2.53. The summed E-state index contributed by atoms with van der Waals surface area (Å²) in [6.45, 7) is 0. The highest BCUT2D eigenvalue weighted by molar-refractivity contribution is 7.19. The number of hydrogen-bond donors (Lipinski definition) is 1. The van der Waals surface area contributed by atoms with Crippen molar-refractivity contribution in [2.45, 2.75) is 25.7 Å². The lowest BCUT2D eigenvalue weighted by molar-refractivity contribution is 0.700. The van der Waals surface area contributed by atoms with Crippen LogP contribution in [0.4, 0.5) is 11.5 Å². The molecule has 4 rings (SSSR count). The normalized spacial score (nSPS) is 14.1. The summed E-state index contributed by atoms with van der Waals surface area (Å²) < 4.78 is 0. The molecular formula is C15H12Cl2N4S. The molecule has 0 saturated heterocycles. The fourth-order valence-corrected chi connectivity index (χ4v) is 4.55. The molecule has 0 fully saturated rings. The van der Waals surface area contributed by atoms with Crippen molar-refractivity contribution >= 4 is 56.3 Å². The summed E-state index contributed by atoms with van der Waals surface area (Å²) in [6.07, 6.45) is 6.31. The van der Waals surface area contributed by atoms with Crippen LogP contribution in [0.3, 0.4) is 0 Å². The minimum atomic E-state index is 0.354. The van der Waals surface area contributed by atoms with Crippen LogP contribution in [0.1, 0.15) is 23.3 Å².